The monoisotopic (exact) mass is 466 g/mol. The summed E-state index contributed by atoms with van der Waals surface area (Å²) >= 11 is 0. The molecule has 10 nitrogen and oxygen atoms in total. The Balaban J connectivity index is 1.58. The largest absolute Gasteiger partial charge is 0.463 e. The van der Waals surface area contributed by atoms with Gasteiger partial charge in [0, 0.05) is 24.3 Å². The zero-order valence-electron chi connectivity index (χ0n) is 18.9. The first-order valence-electron chi connectivity index (χ1n) is 11.1. The Labute approximate surface area is 191 Å². The molecule has 4 rings (SSSR count). The summed E-state index contributed by atoms with van der Waals surface area (Å²) < 4.78 is 22.1. The molecule has 0 aromatic rings. The molecule has 4 aliphatic rings. The van der Waals surface area contributed by atoms with E-state index >= 15 is 0 Å². The van der Waals surface area contributed by atoms with Gasteiger partial charge in [-0.05, 0) is 38.7 Å². The molecule has 2 saturated heterocycles. The summed E-state index contributed by atoms with van der Waals surface area (Å²) in [5, 5.41) is 31.1. The minimum absolute atomic E-state index is 0.234. The Bertz CT molecular complexity index is 909. The van der Waals surface area contributed by atoms with Crippen LogP contribution in [-0.4, -0.2) is 82.1 Å². The lowest BCUT2D eigenvalue weighted by Gasteiger charge is -2.44. The van der Waals surface area contributed by atoms with Gasteiger partial charge in [-0.1, -0.05) is 12.2 Å². The van der Waals surface area contributed by atoms with Crippen LogP contribution in [0.1, 0.15) is 40.0 Å². The van der Waals surface area contributed by atoms with Crippen LogP contribution in [0, 0.1) is 11.8 Å². The van der Waals surface area contributed by atoms with E-state index in [9.17, 15) is 29.7 Å². The van der Waals surface area contributed by atoms with Gasteiger partial charge in [-0.3, -0.25) is 9.59 Å². The molecule has 1 saturated carbocycles. The predicted molar refractivity (Wildman–Crippen MR) is 110 cm³/mol. The van der Waals surface area contributed by atoms with E-state index in [0.29, 0.717) is 24.8 Å². The van der Waals surface area contributed by atoms with Gasteiger partial charge in [0.05, 0.1) is 5.60 Å². The lowest BCUT2D eigenvalue weighted by Crippen LogP contribution is -2.61. The number of fused-ring (bicyclic) bond motifs is 2. The molecular weight excluding hydrogens is 436 g/mol. The summed E-state index contributed by atoms with van der Waals surface area (Å²) in [5.41, 5.74) is 0.793. The highest BCUT2D eigenvalue weighted by Crippen LogP contribution is 2.52. The molecule has 9 unspecified atom stereocenters. The SMILES string of the molecule is C=C1C(=O)OC2C(=O)C(C)=C3CCC(C)(OC4OC(COC(C)=O)C(O)C(O)C4O)C3CC12. The van der Waals surface area contributed by atoms with Gasteiger partial charge < -0.3 is 34.3 Å². The third kappa shape index (κ3) is 4.04. The summed E-state index contributed by atoms with van der Waals surface area (Å²) in [6, 6.07) is 0. The lowest BCUT2D eigenvalue weighted by molar-refractivity contribution is -0.328. The maximum atomic E-state index is 13.0. The zero-order valence-corrected chi connectivity index (χ0v) is 18.9. The van der Waals surface area contributed by atoms with Crippen LogP contribution in [0.15, 0.2) is 23.3 Å². The minimum atomic E-state index is -1.58. The quantitative estimate of drug-likeness (QED) is 0.380. The third-order valence-corrected chi connectivity index (χ3v) is 7.46. The molecule has 0 spiro atoms. The van der Waals surface area contributed by atoms with E-state index in [2.05, 4.69) is 6.58 Å². The first-order chi connectivity index (χ1) is 15.4. The van der Waals surface area contributed by atoms with Crippen molar-refractivity contribution >= 4 is 17.7 Å². The molecule has 2 heterocycles. The Hall–Kier alpha value is -2.11. The molecule has 3 N–H and O–H groups in total. The van der Waals surface area contributed by atoms with Crippen molar-refractivity contribution in [1.29, 1.82) is 0 Å². The van der Waals surface area contributed by atoms with E-state index in [4.69, 9.17) is 18.9 Å². The summed E-state index contributed by atoms with van der Waals surface area (Å²) in [5.74, 6) is -2.16. The molecule has 3 fully saturated rings. The first-order valence-corrected chi connectivity index (χ1v) is 11.1. The van der Waals surface area contributed by atoms with Gasteiger partial charge in [0.15, 0.2) is 18.2 Å². The van der Waals surface area contributed by atoms with Crippen LogP contribution in [0.3, 0.4) is 0 Å². The van der Waals surface area contributed by atoms with E-state index in [-0.39, 0.29) is 23.9 Å². The minimum Gasteiger partial charge on any atom is -0.463 e. The highest BCUT2D eigenvalue weighted by atomic mass is 16.7. The zero-order chi connectivity index (χ0) is 24.2. The average Bonchev–Trinajstić information content (AvgIpc) is 3.20. The smallest absolute Gasteiger partial charge is 0.334 e. The van der Waals surface area contributed by atoms with Gasteiger partial charge in [-0.25, -0.2) is 4.79 Å². The Kier molecular flexibility index (Phi) is 6.25. The van der Waals surface area contributed by atoms with Crippen molar-refractivity contribution in [1.82, 2.24) is 0 Å². The Morgan fingerprint density at radius 1 is 1.21 bits per heavy atom. The van der Waals surface area contributed by atoms with E-state index < -0.39 is 60.3 Å². The fourth-order valence-corrected chi connectivity index (χ4v) is 5.43. The van der Waals surface area contributed by atoms with Gasteiger partial charge in [0.25, 0.3) is 0 Å². The molecule has 0 amide bonds. The average molecular weight is 466 g/mol. The van der Waals surface area contributed by atoms with Crippen molar-refractivity contribution in [3.8, 4) is 0 Å². The number of carbonyl (C=O) groups is 3. The van der Waals surface area contributed by atoms with Crippen LogP contribution in [0.25, 0.3) is 0 Å². The number of Topliss-reactive ketones (excluding diaryl/α,β-unsaturated/α-hetero) is 1. The van der Waals surface area contributed by atoms with E-state index in [1.807, 2.05) is 6.92 Å². The van der Waals surface area contributed by atoms with E-state index in [1.54, 1.807) is 6.92 Å². The van der Waals surface area contributed by atoms with E-state index in [0.717, 1.165) is 5.57 Å². The fraction of sp³-hybridized carbons (Fsp3) is 0.696. The molecule has 10 heteroatoms. The van der Waals surface area contributed by atoms with Gasteiger partial charge in [-0.15, -0.1) is 0 Å². The van der Waals surface area contributed by atoms with Crippen LogP contribution in [0.5, 0.6) is 0 Å². The topological polar surface area (TPSA) is 149 Å². The number of ketones is 1. The van der Waals surface area contributed by atoms with E-state index in [1.165, 1.54) is 6.92 Å². The number of rotatable bonds is 4. The van der Waals surface area contributed by atoms with Gasteiger partial charge in [-0.2, -0.15) is 0 Å². The molecule has 0 aromatic heterocycles. The summed E-state index contributed by atoms with van der Waals surface area (Å²) in [6.07, 6.45) is -6.43. The molecule has 0 radical (unpaired) electrons. The number of hydrogen-bond acceptors (Lipinski definition) is 10. The number of ether oxygens (including phenoxy) is 4. The Morgan fingerprint density at radius 3 is 2.58 bits per heavy atom. The number of esters is 2. The van der Waals surface area contributed by atoms with Gasteiger partial charge >= 0.3 is 11.9 Å². The first kappa shape index (κ1) is 24.0. The molecule has 9 atom stereocenters. The van der Waals surface area contributed by atoms with Gasteiger partial charge in [0.2, 0.25) is 0 Å². The second-order valence-electron chi connectivity index (χ2n) is 9.51. The summed E-state index contributed by atoms with van der Waals surface area (Å²) in [4.78, 5) is 36.2. The van der Waals surface area contributed by atoms with Crippen molar-refractivity contribution in [2.75, 3.05) is 6.61 Å². The summed E-state index contributed by atoms with van der Waals surface area (Å²) in [7, 11) is 0. The molecule has 0 bridgehead atoms. The molecule has 2 aliphatic carbocycles. The number of aliphatic hydroxyl groups is 3. The molecule has 2 aliphatic heterocycles. The molecular formula is C23H30O10. The van der Waals surface area contributed by atoms with Crippen molar-refractivity contribution in [3.63, 3.8) is 0 Å². The summed E-state index contributed by atoms with van der Waals surface area (Å²) in [6.45, 7) is 8.26. The van der Waals surface area contributed by atoms with Crippen LogP contribution in [0.2, 0.25) is 0 Å². The van der Waals surface area contributed by atoms with Gasteiger partial charge in [0.1, 0.15) is 31.0 Å². The second kappa shape index (κ2) is 8.59. The second-order valence-corrected chi connectivity index (χ2v) is 9.51. The standard InChI is InChI=1S/C23H30O10/c1-9-12-5-6-23(4,14(12)7-13-10(2)21(29)32-20(13)16(9)25)33-22-19(28)18(27)17(26)15(31-22)8-30-11(3)24/h13-15,17-20,22,26-28H,2,5-8H2,1,3-4H3. The third-order valence-electron chi connectivity index (χ3n) is 7.46. The predicted octanol–water partition coefficient (Wildman–Crippen LogP) is -0.0705. The number of carbonyl (C=O) groups excluding carboxylic acids is 3. The van der Waals surface area contributed by atoms with Crippen LogP contribution >= 0.6 is 0 Å². The lowest BCUT2D eigenvalue weighted by atomic mass is 9.80. The normalized spacial score (nSPS) is 43.2. The highest BCUT2D eigenvalue weighted by molar-refractivity contribution is 6.05. The van der Waals surface area contributed by atoms with Crippen LogP contribution in [0.4, 0.5) is 0 Å². The molecule has 182 valence electrons. The maximum Gasteiger partial charge on any atom is 0.334 e. The number of hydrogen-bond donors (Lipinski definition) is 3. The van der Waals surface area contributed by atoms with Crippen molar-refractivity contribution < 1.29 is 48.7 Å². The Morgan fingerprint density at radius 2 is 1.91 bits per heavy atom. The van der Waals surface area contributed by atoms with Crippen molar-refractivity contribution in [2.45, 2.75) is 82.4 Å². The fourth-order valence-electron chi connectivity index (χ4n) is 5.43. The maximum absolute atomic E-state index is 13.0. The molecule has 33 heavy (non-hydrogen) atoms. The number of aliphatic hydroxyl groups excluding tert-OH is 3. The van der Waals surface area contributed by atoms with Crippen molar-refractivity contribution in [3.05, 3.63) is 23.3 Å². The van der Waals surface area contributed by atoms with Crippen LogP contribution in [-0.2, 0) is 33.3 Å². The molecule has 0 aromatic carbocycles. The van der Waals surface area contributed by atoms with Crippen molar-refractivity contribution in [2.24, 2.45) is 11.8 Å². The highest BCUT2D eigenvalue weighted by Gasteiger charge is 2.55. The van der Waals surface area contributed by atoms with Crippen LogP contribution < -0.4 is 0 Å².